The number of benzene rings is 1. The zero-order valence-electron chi connectivity index (χ0n) is 15.5. The fourth-order valence-electron chi connectivity index (χ4n) is 4.08. The molecule has 1 atom stereocenters. The Kier molecular flexibility index (Phi) is 4.13. The number of aromatic nitrogens is 4. The van der Waals surface area contributed by atoms with E-state index in [1.54, 1.807) is 12.4 Å². The molecule has 0 saturated carbocycles. The molecule has 0 bridgehead atoms. The summed E-state index contributed by atoms with van der Waals surface area (Å²) in [6.45, 7) is 5.67. The van der Waals surface area contributed by atoms with E-state index in [2.05, 4.69) is 49.8 Å². The molecule has 4 heterocycles. The maximum atomic E-state index is 5.75. The van der Waals surface area contributed by atoms with Gasteiger partial charge in [-0.15, -0.1) is 0 Å². The summed E-state index contributed by atoms with van der Waals surface area (Å²) >= 11 is 0. The number of rotatable bonds is 4. The SMILES string of the molecule is CC(c1ccc2c(c1)OCC2)N1CCc2c(cnn2Cc2ncccn2)C1. The Morgan fingerprint density at radius 2 is 2.04 bits per heavy atom. The van der Waals surface area contributed by atoms with Crippen LogP contribution in [-0.2, 0) is 25.9 Å². The van der Waals surface area contributed by atoms with Crippen molar-refractivity contribution in [2.45, 2.75) is 38.9 Å². The number of ether oxygens (including phenoxy) is 1. The maximum Gasteiger partial charge on any atom is 0.149 e. The Morgan fingerprint density at radius 1 is 1.15 bits per heavy atom. The van der Waals surface area contributed by atoms with E-state index in [-0.39, 0.29) is 0 Å². The van der Waals surface area contributed by atoms with Crippen LogP contribution in [0.2, 0.25) is 0 Å². The topological polar surface area (TPSA) is 56.1 Å². The van der Waals surface area contributed by atoms with Crippen LogP contribution in [-0.4, -0.2) is 37.8 Å². The van der Waals surface area contributed by atoms with Gasteiger partial charge in [0.05, 0.1) is 12.8 Å². The second-order valence-electron chi connectivity index (χ2n) is 7.30. The number of nitrogens with zero attached hydrogens (tertiary/aromatic N) is 5. The highest BCUT2D eigenvalue weighted by molar-refractivity contribution is 5.41. The highest BCUT2D eigenvalue weighted by Crippen LogP contribution is 2.32. The molecule has 3 aromatic rings. The zero-order chi connectivity index (χ0) is 18.2. The van der Waals surface area contributed by atoms with Crippen molar-refractivity contribution >= 4 is 0 Å². The van der Waals surface area contributed by atoms with Crippen LogP contribution in [0.4, 0.5) is 0 Å². The van der Waals surface area contributed by atoms with Crippen LogP contribution in [0.5, 0.6) is 5.75 Å². The molecule has 0 fully saturated rings. The van der Waals surface area contributed by atoms with Gasteiger partial charge < -0.3 is 4.74 Å². The van der Waals surface area contributed by atoms with E-state index < -0.39 is 0 Å². The molecule has 2 aromatic heterocycles. The van der Waals surface area contributed by atoms with E-state index in [1.165, 1.54) is 22.4 Å². The minimum atomic E-state index is 0.355. The van der Waals surface area contributed by atoms with E-state index >= 15 is 0 Å². The molecule has 2 aliphatic heterocycles. The zero-order valence-corrected chi connectivity index (χ0v) is 15.5. The molecule has 1 unspecified atom stereocenters. The first-order chi connectivity index (χ1) is 13.3. The van der Waals surface area contributed by atoms with Crippen LogP contribution in [0.25, 0.3) is 0 Å². The number of hydrogen-bond acceptors (Lipinski definition) is 5. The second kappa shape index (κ2) is 6.78. The van der Waals surface area contributed by atoms with Crippen molar-refractivity contribution in [3.05, 3.63) is 71.1 Å². The summed E-state index contributed by atoms with van der Waals surface area (Å²) in [6, 6.07) is 8.89. The monoisotopic (exact) mass is 361 g/mol. The van der Waals surface area contributed by atoms with Crippen LogP contribution in [0.1, 0.15) is 41.2 Å². The van der Waals surface area contributed by atoms with E-state index in [1.807, 2.05) is 12.3 Å². The first kappa shape index (κ1) is 16.4. The summed E-state index contributed by atoms with van der Waals surface area (Å²) in [6.07, 6.45) is 7.59. The van der Waals surface area contributed by atoms with Gasteiger partial charge in [0.2, 0.25) is 0 Å². The van der Waals surface area contributed by atoms with Gasteiger partial charge in [-0.2, -0.15) is 5.10 Å². The molecule has 2 aliphatic rings. The quantitative estimate of drug-likeness (QED) is 0.715. The Morgan fingerprint density at radius 3 is 2.93 bits per heavy atom. The largest absolute Gasteiger partial charge is 0.493 e. The van der Waals surface area contributed by atoms with E-state index in [0.29, 0.717) is 12.6 Å². The van der Waals surface area contributed by atoms with Gasteiger partial charge in [-0.25, -0.2) is 9.97 Å². The second-order valence-corrected chi connectivity index (χ2v) is 7.30. The highest BCUT2D eigenvalue weighted by atomic mass is 16.5. The summed E-state index contributed by atoms with van der Waals surface area (Å²) < 4.78 is 7.80. The smallest absolute Gasteiger partial charge is 0.149 e. The molecule has 0 amide bonds. The van der Waals surface area contributed by atoms with Crippen LogP contribution in [0, 0.1) is 0 Å². The van der Waals surface area contributed by atoms with Crippen LogP contribution in [0.15, 0.2) is 42.9 Å². The van der Waals surface area contributed by atoms with Crippen molar-refractivity contribution in [2.24, 2.45) is 0 Å². The molecular weight excluding hydrogens is 338 g/mol. The molecule has 0 aliphatic carbocycles. The molecule has 0 radical (unpaired) electrons. The Balaban J connectivity index is 1.33. The van der Waals surface area contributed by atoms with E-state index in [0.717, 1.165) is 44.1 Å². The molecule has 0 saturated heterocycles. The summed E-state index contributed by atoms with van der Waals surface area (Å²) in [5.41, 5.74) is 5.27. The Labute approximate surface area is 158 Å². The standard InChI is InChI=1S/C21H23N5O/c1-15(17-4-3-16-6-10-27-20(16)11-17)25-9-5-19-18(13-25)12-24-26(19)14-21-22-7-2-8-23-21/h2-4,7-8,11-12,15H,5-6,9-10,13-14H2,1H3. The predicted octanol–water partition coefficient (Wildman–Crippen LogP) is 2.78. The van der Waals surface area contributed by atoms with Crippen molar-refractivity contribution in [3.63, 3.8) is 0 Å². The molecule has 27 heavy (non-hydrogen) atoms. The summed E-state index contributed by atoms with van der Waals surface area (Å²) in [7, 11) is 0. The van der Waals surface area contributed by atoms with Gasteiger partial charge in [0, 0.05) is 55.6 Å². The minimum absolute atomic E-state index is 0.355. The lowest BCUT2D eigenvalue weighted by Crippen LogP contribution is -2.33. The third-order valence-corrected chi connectivity index (χ3v) is 5.71. The summed E-state index contributed by atoms with van der Waals surface area (Å²) in [4.78, 5) is 11.2. The molecule has 6 heteroatoms. The van der Waals surface area contributed by atoms with Gasteiger partial charge in [0.1, 0.15) is 18.1 Å². The van der Waals surface area contributed by atoms with Crippen molar-refractivity contribution in [1.82, 2.24) is 24.6 Å². The van der Waals surface area contributed by atoms with Gasteiger partial charge in [0.15, 0.2) is 0 Å². The van der Waals surface area contributed by atoms with Gasteiger partial charge in [-0.05, 0) is 30.2 Å². The van der Waals surface area contributed by atoms with Crippen molar-refractivity contribution in [3.8, 4) is 5.75 Å². The highest BCUT2D eigenvalue weighted by Gasteiger charge is 2.26. The van der Waals surface area contributed by atoms with Gasteiger partial charge in [-0.1, -0.05) is 12.1 Å². The van der Waals surface area contributed by atoms with Crippen molar-refractivity contribution in [1.29, 1.82) is 0 Å². The normalized spacial score (nSPS) is 17.2. The molecular formula is C21H23N5O. The van der Waals surface area contributed by atoms with Gasteiger partial charge in [-0.3, -0.25) is 9.58 Å². The maximum absolute atomic E-state index is 5.75. The average Bonchev–Trinajstić information content (AvgIpc) is 3.34. The molecule has 1 aromatic carbocycles. The molecule has 5 rings (SSSR count). The van der Waals surface area contributed by atoms with Crippen molar-refractivity contribution < 1.29 is 4.74 Å². The van der Waals surface area contributed by atoms with E-state index in [9.17, 15) is 0 Å². The van der Waals surface area contributed by atoms with Crippen molar-refractivity contribution in [2.75, 3.05) is 13.2 Å². The lowest BCUT2D eigenvalue weighted by molar-refractivity contribution is 0.190. The predicted molar refractivity (Wildman–Crippen MR) is 102 cm³/mol. The van der Waals surface area contributed by atoms with Crippen LogP contribution < -0.4 is 4.74 Å². The third-order valence-electron chi connectivity index (χ3n) is 5.71. The fraction of sp³-hybridized carbons (Fsp3) is 0.381. The van der Waals surface area contributed by atoms with Crippen LogP contribution in [0.3, 0.4) is 0 Å². The first-order valence-corrected chi connectivity index (χ1v) is 9.57. The number of fused-ring (bicyclic) bond motifs is 2. The minimum Gasteiger partial charge on any atom is -0.493 e. The van der Waals surface area contributed by atoms with E-state index in [4.69, 9.17) is 4.74 Å². The third kappa shape index (κ3) is 3.10. The molecule has 138 valence electrons. The van der Waals surface area contributed by atoms with Crippen LogP contribution >= 0.6 is 0 Å². The lowest BCUT2D eigenvalue weighted by Gasteiger charge is -2.33. The first-order valence-electron chi connectivity index (χ1n) is 9.57. The fourth-order valence-corrected chi connectivity index (χ4v) is 4.08. The van der Waals surface area contributed by atoms with Gasteiger partial charge >= 0.3 is 0 Å². The van der Waals surface area contributed by atoms with Gasteiger partial charge in [0.25, 0.3) is 0 Å². The lowest BCUT2D eigenvalue weighted by atomic mass is 10.00. The Bertz CT molecular complexity index is 952. The molecule has 0 N–H and O–H groups in total. The Hall–Kier alpha value is -2.73. The number of hydrogen-bond donors (Lipinski definition) is 0. The average molecular weight is 361 g/mol. The molecule has 0 spiro atoms. The summed E-state index contributed by atoms with van der Waals surface area (Å²) in [5, 5.41) is 4.60. The molecule has 6 nitrogen and oxygen atoms in total. The summed E-state index contributed by atoms with van der Waals surface area (Å²) in [5.74, 6) is 1.87.